The summed E-state index contributed by atoms with van der Waals surface area (Å²) in [5, 5.41) is 11.0. The minimum absolute atomic E-state index is 0.0195. The van der Waals surface area contributed by atoms with Crippen molar-refractivity contribution in [3.63, 3.8) is 0 Å². The number of nitrogens with zero attached hydrogens (tertiary/aromatic N) is 1. The van der Waals surface area contributed by atoms with Gasteiger partial charge < -0.3 is 14.3 Å². The summed E-state index contributed by atoms with van der Waals surface area (Å²) in [4.78, 5) is 26.2. The van der Waals surface area contributed by atoms with Gasteiger partial charge in [0.15, 0.2) is 17.1 Å². The highest BCUT2D eigenvalue weighted by Gasteiger charge is 2.26. The van der Waals surface area contributed by atoms with E-state index in [2.05, 4.69) is 14.6 Å². The van der Waals surface area contributed by atoms with Crippen molar-refractivity contribution in [2.24, 2.45) is 5.16 Å². The van der Waals surface area contributed by atoms with E-state index in [1.54, 1.807) is 0 Å². The van der Waals surface area contributed by atoms with Crippen molar-refractivity contribution < 1.29 is 23.9 Å². The quantitative estimate of drug-likeness (QED) is 0.305. The molecular formula is C10H16N2O5. The molecule has 1 N–H and O–H groups in total. The lowest BCUT2D eigenvalue weighted by atomic mass is 10.1. The van der Waals surface area contributed by atoms with E-state index in [9.17, 15) is 9.59 Å². The molecule has 17 heavy (non-hydrogen) atoms. The molecule has 96 valence electrons. The first-order valence-corrected chi connectivity index (χ1v) is 4.79. The van der Waals surface area contributed by atoms with Gasteiger partial charge in [-0.3, -0.25) is 15.0 Å². The van der Waals surface area contributed by atoms with Crippen molar-refractivity contribution in [1.82, 2.24) is 0 Å². The van der Waals surface area contributed by atoms with E-state index >= 15 is 0 Å². The maximum Gasteiger partial charge on any atom is 0.293 e. The van der Waals surface area contributed by atoms with Gasteiger partial charge in [0, 0.05) is 0 Å². The third-order valence-corrected chi connectivity index (χ3v) is 1.99. The maximum atomic E-state index is 11.2. The number of Topliss-reactive ketones (excluding diaryl/α,β-unsaturated/α-hetero) is 1. The van der Waals surface area contributed by atoms with Gasteiger partial charge in [0.05, 0.1) is 7.11 Å². The number of methoxy groups -OCH3 is 1. The van der Waals surface area contributed by atoms with Crippen LogP contribution in [0.15, 0.2) is 5.16 Å². The molecule has 0 aromatic rings. The Balaban J connectivity index is 4.74. The van der Waals surface area contributed by atoms with Gasteiger partial charge >= 0.3 is 0 Å². The number of ketones is 1. The van der Waals surface area contributed by atoms with Crippen LogP contribution in [0.5, 0.6) is 0 Å². The Morgan fingerprint density at radius 1 is 1.47 bits per heavy atom. The number of hydrogen-bond donors (Lipinski definition) is 1. The summed E-state index contributed by atoms with van der Waals surface area (Å²) in [6.07, 6.45) is 0. The molecular weight excluding hydrogens is 228 g/mol. The van der Waals surface area contributed by atoms with Gasteiger partial charge in [0.2, 0.25) is 5.90 Å². The average Bonchev–Trinajstić information content (AvgIpc) is 2.28. The number of carbonyl (C=O) groups is 2. The van der Waals surface area contributed by atoms with E-state index in [1.165, 1.54) is 27.9 Å². The predicted octanol–water partition coefficient (Wildman–Crippen LogP) is 0.523. The molecule has 0 aliphatic carbocycles. The van der Waals surface area contributed by atoms with Gasteiger partial charge in [-0.2, -0.15) is 0 Å². The molecule has 7 heteroatoms. The largest absolute Gasteiger partial charge is 0.480 e. The van der Waals surface area contributed by atoms with Crippen LogP contribution >= 0.6 is 0 Å². The lowest BCUT2D eigenvalue weighted by Crippen LogP contribution is -2.32. The Hall–Kier alpha value is -1.92. The minimum Gasteiger partial charge on any atom is -0.480 e. The number of oxime groups is 1. The smallest absolute Gasteiger partial charge is 0.293 e. The monoisotopic (exact) mass is 244 g/mol. The first kappa shape index (κ1) is 15.1. The molecule has 0 radical (unpaired) electrons. The van der Waals surface area contributed by atoms with Crippen LogP contribution in [0.2, 0.25) is 0 Å². The van der Waals surface area contributed by atoms with Crippen LogP contribution in [-0.2, 0) is 23.9 Å². The molecule has 0 saturated carbocycles. The molecule has 0 bridgehead atoms. The molecule has 0 spiro atoms. The summed E-state index contributed by atoms with van der Waals surface area (Å²) in [5.74, 6) is -0.521. The molecule has 0 atom stereocenters. The second-order valence-electron chi connectivity index (χ2n) is 3.64. The van der Waals surface area contributed by atoms with Crippen LogP contribution in [0.25, 0.3) is 0 Å². The zero-order chi connectivity index (χ0) is 13.5. The SMILES string of the molecule is COC(=N)/C(COC=O)=N/OC(C)(C)C(C)=O. The van der Waals surface area contributed by atoms with Crippen molar-refractivity contribution in [2.75, 3.05) is 13.7 Å². The highest BCUT2D eigenvalue weighted by Crippen LogP contribution is 2.10. The Bertz CT molecular complexity index is 336. The van der Waals surface area contributed by atoms with Crippen LogP contribution < -0.4 is 0 Å². The minimum atomic E-state index is -1.11. The zero-order valence-corrected chi connectivity index (χ0v) is 10.3. The molecule has 0 fully saturated rings. The second-order valence-corrected chi connectivity index (χ2v) is 3.64. The van der Waals surface area contributed by atoms with E-state index in [0.717, 1.165) is 0 Å². The molecule has 0 amide bonds. The number of carbonyl (C=O) groups excluding carboxylic acids is 2. The molecule has 0 aliphatic heterocycles. The summed E-state index contributed by atoms with van der Waals surface area (Å²) >= 11 is 0. The summed E-state index contributed by atoms with van der Waals surface area (Å²) < 4.78 is 9.07. The lowest BCUT2D eigenvalue weighted by molar-refractivity contribution is -0.138. The number of hydrogen-bond acceptors (Lipinski definition) is 7. The topological polar surface area (TPSA) is 98.0 Å². The van der Waals surface area contributed by atoms with E-state index in [4.69, 9.17) is 10.2 Å². The molecule has 0 saturated heterocycles. The van der Waals surface area contributed by atoms with Crippen molar-refractivity contribution in [2.45, 2.75) is 26.4 Å². The van der Waals surface area contributed by atoms with Crippen LogP contribution in [-0.4, -0.2) is 43.2 Å². The molecule has 0 unspecified atom stereocenters. The van der Waals surface area contributed by atoms with E-state index in [0.29, 0.717) is 0 Å². The molecule has 0 rings (SSSR count). The van der Waals surface area contributed by atoms with E-state index < -0.39 is 5.60 Å². The molecule has 7 nitrogen and oxygen atoms in total. The van der Waals surface area contributed by atoms with Crippen LogP contribution in [0.4, 0.5) is 0 Å². The standard InChI is InChI=1S/C10H16N2O5/c1-7(14)10(2,3)17-12-8(5-16-6-13)9(11)15-4/h6,11H,5H2,1-4H3/b11-9?,12-8+. The molecule has 0 aliphatic rings. The third-order valence-electron chi connectivity index (χ3n) is 1.99. The van der Waals surface area contributed by atoms with Crippen molar-refractivity contribution in [3.8, 4) is 0 Å². The first-order chi connectivity index (χ1) is 7.85. The molecule has 0 aromatic heterocycles. The Kier molecular flexibility index (Phi) is 5.87. The summed E-state index contributed by atoms with van der Waals surface area (Å²) in [5.41, 5.74) is -1.13. The van der Waals surface area contributed by atoms with Gasteiger partial charge in [0.1, 0.15) is 6.61 Å². The lowest BCUT2D eigenvalue weighted by Gasteiger charge is -2.19. The second kappa shape index (κ2) is 6.62. The highest BCUT2D eigenvalue weighted by atomic mass is 16.7. The van der Waals surface area contributed by atoms with Crippen molar-refractivity contribution in [1.29, 1.82) is 5.41 Å². The fourth-order valence-electron chi connectivity index (χ4n) is 0.598. The Labute approximate surface area is 99.2 Å². The molecule has 0 aromatic carbocycles. The normalized spacial score (nSPS) is 11.6. The summed E-state index contributed by atoms with van der Waals surface area (Å²) in [6.45, 7) is 4.39. The first-order valence-electron chi connectivity index (χ1n) is 4.79. The van der Waals surface area contributed by atoms with Gasteiger partial charge in [-0.1, -0.05) is 5.16 Å². The average molecular weight is 244 g/mol. The Morgan fingerprint density at radius 2 is 2.06 bits per heavy atom. The Morgan fingerprint density at radius 3 is 2.47 bits per heavy atom. The number of nitrogens with one attached hydrogen (secondary N) is 1. The van der Waals surface area contributed by atoms with Crippen LogP contribution in [0.3, 0.4) is 0 Å². The predicted molar refractivity (Wildman–Crippen MR) is 60.0 cm³/mol. The third kappa shape index (κ3) is 5.10. The van der Waals surface area contributed by atoms with Crippen molar-refractivity contribution in [3.05, 3.63) is 0 Å². The van der Waals surface area contributed by atoms with E-state index in [1.807, 2.05) is 0 Å². The zero-order valence-electron chi connectivity index (χ0n) is 10.3. The fourth-order valence-corrected chi connectivity index (χ4v) is 0.598. The van der Waals surface area contributed by atoms with E-state index in [-0.39, 0.29) is 30.5 Å². The molecule has 0 heterocycles. The number of rotatable bonds is 7. The van der Waals surface area contributed by atoms with Gasteiger partial charge in [-0.15, -0.1) is 0 Å². The fraction of sp³-hybridized carbons (Fsp3) is 0.600. The summed E-state index contributed by atoms with van der Waals surface area (Å²) in [6, 6.07) is 0. The van der Waals surface area contributed by atoms with Crippen LogP contribution in [0, 0.1) is 5.41 Å². The highest BCUT2D eigenvalue weighted by molar-refractivity contribution is 6.38. The van der Waals surface area contributed by atoms with Crippen molar-refractivity contribution >= 4 is 23.9 Å². The number of ether oxygens (including phenoxy) is 2. The summed E-state index contributed by atoms with van der Waals surface area (Å²) in [7, 11) is 1.27. The maximum absolute atomic E-state index is 11.2. The van der Waals surface area contributed by atoms with Crippen LogP contribution in [0.1, 0.15) is 20.8 Å². The van der Waals surface area contributed by atoms with Gasteiger partial charge in [0.25, 0.3) is 6.47 Å². The van der Waals surface area contributed by atoms with Gasteiger partial charge in [-0.25, -0.2) is 0 Å². The van der Waals surface area contributed by atoms with Gasteiger partial charge in [-0.05, 0) is 20.8 Å².